The van der Waals surface area contributed by atoms with Crippen molar-refractivity contribution in [1.29, 1.82) is 0 Å². The topological polar surface area (TPSA) is 0 Å². The molecule has 2 unspecified atom stereocenters. The van der Waals surface area contributed by atoms with Crippen LogP contribution in [-0.2, 0) is 17.4 Å². The van der Waals surface area contributed by atoms with Crippen molar-refractivity contribution in [3.8, 4) is 0 Å². The van der Waals surface area contributed by atoms with Crippen LogP contribution in [0.25, 0.3) is 12.2 Å². The summed E-state index contributed by atoms with van der Waals surface area (Å²) in [5.74, 6) is 0. The Morgan fingerprint density at radius 2 is 1.03 bits per heavy atom. The molecule has 0 aliphatic heterocycles. The van der Waals surface area contributed by atoms with Crippen LogP contribution in [0.3, 0.4) is 0 Å². The number of aryl methyl sites for hydroxylation is 2. The van der Waals surface area contributed by atoms with Gasteiger partial charge < -0.3 is 0 Å². The molecular formula is C29H34Cl2SiZr. The van der Waals surface area contributed by atoms with E-state index in [4.69, 9.17) is 0 Å². The molecule has 5 rings (SSSR count). The first-order valence-corrected chi connectivity index (χ1v) is 23.8. The van der Waals surface area contributed by atoms with E-state index in [9.17, 15) is 0 Å². The van der Waals surface area contributed by atoms with Crippen molar-refractivity contribution in [2.24, 2.45) is 0 Å². The Kier molecular flexibility index (Phi) is 7.30. The van der Waals surface area contributed by atoms with Gasteiger partial charge in [0.1, 0.15) is 0 Å². The van der Waals surface area contributed by atoms with E-state index in [0.29, 0.717) is 7.25 Å². The minimum absolute atomic E-state index is 0. The summed E-state index contributed by atoms with van der Waals surface area (Å²) >= 11 is -3.78. The molecule has 2 aliphatic carbocycles. The Bertz CT molecular complexity index is 1270. The van der Waals surface area contributed by atoms with Gasteiger partial charge in [0.15, 0.2) is 0 Å². The number of fused-ring (bicyclic) bond motifs is 2. The van der Waals surface area contributed by atoms with Crippen LogP contribution in [-0.4, -0.2) is 6.88 Å². The van der Waals surface area contributed by atoms with E-state index in [1.807, 2.05) is 0 Å². The van der Waals surface area contributed by atoms with Crippen molar-refractivity contribution in [2.45, 2.75) is 39.6 Å². The fourth-order valence-electron chi connectivity index (χ4n) is 6.97. The van der Waals surface area contributed by atoms with E-state index >= 15 is 0 Å². The van der Waals surface area contributed by atoms with Crippen LogP contribution in [0.2, 0.25) is 4.63 Å². The van der Waals surface area contributed by atoms with E-state index in [1.165, 1.54) is 22.3 Å². The van der Waals surface area contributed by atoms with Gasteiger partial charge in [-0.25, -0.2) is 0 Å². The average molecular weight is 573 g/mol. The second-order valence-electron chi connectivity index (χ2n) is 10.4. The third-order valence-electron chi connectivity index (χ3n) is 8.20. The van der Waals surface area contributed by atoms with Crippen LogP contribution in [0.1, 0.15) is 54.5 Å². The minimum atomic E-state index is -3.78. The molecule has 0 N–H and O–H groups in total. The fourth-order valence-corrected chi connectivity index (χ4v) is 32.2. The van der Waals surface area contributed by atoms with Gasteiger partial charge in [0, 0.05) is 0 Å². The summed E-state index contributed by atoms with van der Waals surface area (Å²) < 4.78 is 5.42. The number of hydrogen-bond donors (Lipinski definition) is 0. The molecule has 3 aromatic carbocycles. The molecule has 0 amide bonds. The van der Waals surface area contributed by atoms with Crippen LogP contribution < -0.4 is 3.27 Å². The Morgan fingerprint density at radius 3 is 1.45 bits per heavy atom. The van der Waals surface area contributed by atoms with Gasteiger partial charge in [-0.2, -0.15) is 0 Å². The smallest absolute Gasteiger partial charge is 0.147 e. The number of allylic oxidation sites excluding steroid dienone is 2. The molecule has 0 radical (unpaired) electrons. The first-order valence-electron chi connectivity index (χ1n) is 11.4. The first kappa shape index (κ1) is 26.4. The van der Waals surface area contributed by atoms with Crippen molar-refractivity contribution in [3.63, 3.8) is 0 Å². The van der Waals surface area contributed by atoms with Gasteiger partial charge in [0.2, 0.25) is 0 Å². The quantitative estimate of drug-likeness (QED) is 0.288. The summed E-state index contributed by atoms with van der Waals surface area (Å²) in [5.41, 5.74) is 12.0. The fraction of sp³-hybridized carbons (Fsp3) is 0.241. The van der Waals surface area contributed by atoms with E-state index < -0.39 is 17.4 Å². The van der Waals surface area contributed by atoms with Crippen LogP contribution in [0.5, 0.6) is 0 Å². The average Bonchev–Trinajstić information content (AvgIpc) is 3.28. The molecule has 2 atom stereocenters. The van der Waals surface area contributed by atoms with Gasteiger partial charge in [-0.15, -0.1) is 24.8 Å². The van der Waals surface area contributed by atoms with Gasteiger partial charge in [0.25, 0.3) is 0 Å². The van der Waals surface area contributed by atoms with Crippen molar-refractivity contribution < 1.29 is 17.4 Å². The summed E-state index contributed by atoms with van der Waals surface area (Å²) in [7, 11) is 0. The molecule has 0 saturated carbocycles. The van der Waals surface area contributed by atoms with Gasteiger partial charge in [0.05, 0.1) is 0 Å². The number of halogens is 2. The second-order valence-corrected chi connectivity index (χ2v) is 36.7. The molecule has 33 heavy (non-hydrogen) atoms. The first-order chi connectivity index (χ1) is 14.7. The van der Waals surface area contributed by atoms with Crippen LogP contribution in [0.4, 0.5) is 0 Å². The van der Waals surface area contributed by atoms with Gasteiger partial charge in [-0.1, -0.05) is 0 Å². The third-order valence-corrected chi connectivity index (χ3v) is 32.0. The molecule has 3 aromatic rings. The molecule has 0 bridgehead atoms. The zero-order chi connectivity index (χ0) is 22.0. The molecule has 0 spiro atoms. The Labute approximate surface area is 213 Å². The molecular weight excluding hydrogens is 539 g/mol. The van der Waals surface area contributed by atoms with Crippen LogP contribution in [0, 0.1) is 13.8 Å². The molecule has 4 heteroatoms. The zero-order valence-electron chi connectivity index (χ0n) is 20.2. The molecule has 0 heterocycles. The summed E-state index contributed by atoms with van der Waals surface area (Å²) in [6, 6.07) is 25.5. The predicted molar refractivity (Wildman–Crippen MR) is 150 cm³/mol. The molecule has 0 fully saturated rings. The largest absolute Gasteiger partial charge is 0.147 e. The Hall–Kier alpha value is -1.18. The van der Waals surface area contributed by atoms with E-state index in [-0.39, 0.29) is 24.8 Å². The van der Waals surface area contributed by atoms with Crippen molar-refractivity contribution in [3.05, 3.63) is 111 Å². The second kappa shape index (κ2) is 9.12. The van der Waals surface area contributed by atoms with Crippen LogP contribution in [0.15, 0.2) is 77.9 Å². The predicted octanol–water partition coefficient (Wildman–Crippen LogP) is 7.37. The van der Waals surface area contributed by atoms with E-state index in [0.717, 1.165) is 0 Å². The van der Waals surface area contributed by atoms with Crippen molar-refractivity contribution >= 4 is 47.1 Å². The van der Waals surface area contributed by atoms with Crippen LogP contribution >= 0.6 is 24.8 Å². The maximum atomic E-state index is 2.74. The van der Waals surface area contributed by atoms with E-state index in [1.54, 1.807) is 25.5 Å². The van der Waals surface area contributed by atoms with Crippen molar-refractivity contribution in [1.82, 2.24) is 0 Å². The molecule has 0 nitrogen and oxygen atoms in total. The van der Waals surface area contributed by atoms with Gasteiger partial charge >= 0.3 is 191 Å². The zero-order valence-corrected chi connectivity index (χ0v) is 25.7. The number of rotatable bonds is 3. The van der Waals surface area contributed by atoms with E-state index in [2.05, 4.69) is 118 Å². The summed E-state index contributed by atoms with van der Waals surface area (Å²) in [6.45, 7) is 11.8. The summed E-state index contributed by atoms with van der Waals surface area (Å²) in [6.07, 6.45) is 4.99. The SMILES string of the molecule is CC1=Cc2c(C)cccc2[CH]1[Zr]([CH3])(=[SiH2])([c]1ccccc1)[CH]1C(C)=Cc2c(C)cccc21.Cl.Cl. The Morgan fingerprint density at radius 1 is 0.606 bits per heavy atom. The van der Waals surface area contributed by atoms with Gasteiger partial charge in [-0.3, -0.25) is 0 Å². The standard InChI is InChI=1S/2C11H11.C6H5.CH3.2ClH.H2Si.Zr/c2*1-8-6-10-5-3-4-9(2)11(10)7-8;1-2-4-6-5-3-1;;;;;/h2*3-7H,1-2H3;1-5H;1H3;2*1H;1H2;. The monoisotopic (exact) mass is 570 g/mol. The van der Waals surface area contributed by atoms with Crippen molar-refractivity contribution in [2.75, 3.05) is 0 Å². The normalized spacial score (nSPS) is 19.0. The maximum absolute atomic E-state index is 3.78. The molecule has 2 aliphatic rings. The summed E-state index contributed by atoms with van der Waals surface area (Å²) in [4.78, 5) is 0. The third kappa shape index (κ3) is 3.73. The number of benzene rings is 3. The molecule has 172 valence electrons. The van der Waals surface area contributed by atoms with Gasteiger partial charge in [-0.05, 0) is 0 Å². The summed E-state index contributed by atoms with van der Waals surface area (Å²) in [5, 5.41) is 0. The molecule has 0 aromatic heterocycles. The minimum Gasteiger partial charge on any atom is -0.147 e. The Balaban J connectivity index is 0.00000153. The maximum Gasteiger partial charge on any atom is -0.147 e. The molecule has 0 saturated heterocycles. The number of hydrogen-bond acceptors (Lipinski definition) is 0.